The Morgan fingerprint density at radius 2 is 1.93 bits per heavy atom. The smallest absolute Gasteiger partial charge is 0.389 e. The molecule has 0 bridgehead atoms. The van der Waals surface area contributed by atoms with Crippen LogP contribution in [0.4, 0.5) is 13.2 Å². The second kappa shape index (κ2) is 9.55. The number of rotatable bonds is 8. The van der Waals surface area contributed by atoms with Gasteiger partial charge in [-0.25, -0.2) is 4.98 Å². The molecule has 0 radical (unpaired) electrons. The number of nitrogens with zero attached hydrogens (tertiary/aromatic N) is 1. The van der Waals surface area contributed by atoms with Crippen molar-refractivity contribution in [2.75, 3.05) is 0 Å². The van der Waals surface area contributed by atoms with Gasteiger partial charge in [0, 0.05) is 6.08 Å². The van der Waals surface area contributed by atoms with Crippen molar-refractivity contribution in [2.24, 2.45) is 0 Å². The molecule has 0 aliphatic heterocycles. The first-order valence-corrected chi connectivity index (χ1v) is 10.2. The van der Waals surface area contributed by atoms with E-state index in [4.69, 9.17) is 0 Å². The largest absolute Gasteiger partial charge is 0.409 e. The van der Waals surface area contributed by atoms with E-state index in [1.54, 1.807) is 18.2 Å². The van der Waals surface area contributed by atoms with Crippen LogP contribution in [0.5, 0.6) is 0 Å². The SMILES string of the molecule is C=C(\C=C/C(/C=C/C(F)(F)F)=C\CC)CC(C)(C)c1ccc2sc(CO)nc2c1. The number of hydrogen-bond donors (Lipinski definition) is 1. The second-order valence-corrected chi connectivity index (χ2v) is 8.60. The summed E-state index contributed by atoms with van der Waals surface area (Å²) in [5.74, 6) is 0. The Morgan fingerprint density at radius 1 is 1.21 bits per heavy atom. The summed E-state index contributed by atoms with van der Waals surface area (Å²) >= 11 is 1.47. The molecular formula is C23H26F3NOS. The average molecular weight is 422 g/mol. The van der Waals surface area contributed by atoms with Crippen molar-refractivity contribution in [3.8, 4) is 0 Å². The van der Waals surface area contributed by atoms with Gasteiger partial charge in [0.05, 0.1) is 16.8 Å². The van der Waals surface area contributed by atoms with Crippen molar-refractivity contribution < 1.29 is 18.3 Å². The number of thiazole rings is 1. The van der Waals surface area contributed by atoms with Gasteiger partial charge in [0.25, 0.3) is 0 Å². The minimum Gasteiger partial charge on any atom is -0.389 e. The molecule has 6 heteroatoms. The van der Waals surface area contributed by atoms with Gasteiger partial charge in [0.1, 0.15) is 5.01 Å². The maximum Gasteiger partial charge on any atom is 0.409 e. The van der Waals surface area contributed by atoms with Gasteiger partial charge < -0.3 is 5.11 Å². The van der Waals surface area contributed by atoms with Gasteiger partial charge in [-0.2, -0.15) is 13.2 Å². The average Bonchev–Trinajstić information content (AvgIpc) is 3.05. The maximum atomic E-state index is 12.4. The lowest BCUT2D eigenvalue weighted by Crippen LogP contribution is -2.17. The first-order chi connectivity index (χ1) is 13.5. The number of aliphatic hydroxyl groups is 1. The van der Waals surface area contributed by atoms with Crippen LogP contribution < -0.4 is 0 Å². The molecule has 1 aromatic carbocycles. The molecule has 0 atom stereocenters. The lowest BCUT2D eigenvalue weighted by Gasteiger charge is -2.25. The van der Waals surface area contributed by atoms with Crippen LogP contribution in [0.2, 0.25) is 0 Å². The number of fused-ring (bicyclic) bond motifs is 1. The monoisotopic (exact) mass is 421 g/mol. The first kappa shape index (κ1) is 23.1. The summed E-state index contributed by atoms with van der Waals surface area (Å²) in [7, 11) is 0. The minimum atomic E-state index is -4.33. The zero-order valence-corrected chi connectivity index (χ0v) is 17.7. The summed E-state index contributed by atoms with van der Waals surface area (Å²) in [5, 5.41) is 9.95. The number of halogens is 3. The molecule has 2 rings (SSSR count). The quantitative estimate of drug-likeness (QED) is 0.465. The van der Waals surface area contributed by atoms with Crippen LogP contribution in [-0.4, -0.2) is 16.3 Å². The zero-order valence-electron chi connectivity index (χ0n) is 16.9. The van der Waals surface area contributed by atoms with Gasteiger partial charge in [-0.3, -0.25) is 0 Å². The fourth-order valence-corrected chi connectivity index (χ4v) is 3.83. The molecule has 2 aromatic rings. The van der Waals surface area contributed by atoms with Crippen molar-refractivity contribution in [1.29, 1.82) is 0 Å². The molecule has 0 saturated heterocycles. The van der Waals surface area contributed by atoms with E-state index in [1.807, 2.05) is 25.1 Å². The Hall–Kier alpha value is -2.18. The van der Waals surface area contributed by atoms with Gasteiger partial charge in [0.2, 0.25) is 0 Å². The Bertz CT molecular complexity index is 949. The number of aliphatic hydroxyl groups excluding tert-OH is 1. The third-order valence-corrected chi connectivity index (χ3v) is 5.45. The molecule has 0 aliphatic carbocycles. The van der Waals surface area contributed by atoms with Gasteiger partial charge in [-0.1, -0.05) is 63.3 Å². The van der Waals surface area contributed by atoms with Crippen LogP contribution >= 0.6 is 11.3 Å². The van der Waals surface area contributed by atoms with E-state index in [1.165, 1.54) is 11.3 Å². The Morgan fingerprint density at radius 3 is 2.55 bits per heavy atom. The van der Waals surface area contributed by atoms with Crippen LogP contribution in [0.25, 0.3) is 10.2 Å². The molecule has 29 heavy (non-hydrogen) atoms. The van der Waals surface area contributed by atoms with Gasteiger partial charge in [-0.05, 0) is 41.5 Å². The van der Waals surface area contributed by atoms with E-state index in [-0.39, 0.29) is 18.1 Å². The molecule has 0 amide bonds. The molecule has 1 heterocycles. The zero-order chi connectivity index (χ0) is 21.7. The molecule has 0 aliphatic rings. The third-order valence-electron chi connectivity index (χ3n) is 4.43. The molecule has 0 fully saturated rings. The Balaban J connectivity index is 2.14. The number of allylic oxidation sites excluding steroid dienone is 7. The Kier molecular flexibility index (Phi) is 7.60. The number of benzene rings is 1. The first-order valence-electron chi connectivity index (χ1n) is 9.37. The standard InChI is InChI=1S/C23H26F3NOS/c1-5-6-17(11-12-23(24,25)26)8-7-16(2)14-22(3,4)18-9-10-20-19(13-18)27-21(15-28)29-20/h6-13,28H,2,5,14-15H2,1,3-4H3/b8-7-,12-11+,17-6+. The summed E-state index contributed by atoms with van der Waals surface area (Å²) in [5.41, 5.74) is 3.05. The van der Waals surface area contributed by atoms with Crippen LogP contribution in [0.1, 0.15) is 44.2 Å². The lowest BCUT2D eigenvalue weighted by atomic mass is 9.79. The van der Waals surface area contributed by atoms with E-state index in [9.17, 15) is 18.3 Å². The fourth-order valence-electron chi connectivity index (χ4n) is 3.02. The molecule has 0 saturated carbocycles. The second-order valence-electron chi connectivity index (χ2n) is 7.49. The van der Waals surface area contributed by atoms with Crippen LogP contribution in [0.3, 0.4) is 0 Å². The van der Waals surface area contributed by atoms with E-state index in [0.717, 1.165) is 27.4 Å². The van der Waals surface area contributed by atoms with Gasteiger partial charge in [-0.15, -0.1) is 11.3 Å². The molecule has 1 N–H and O–H groups in total. The fraction of sp³-hybridized carbons (Fsp3) is 0.348. The van der Waals surface area contributed by atoms with E-state index < -0.39 is 6.18 Å². The van der Waals surface area contributed by atoms with Crippen LogP contribution in [0.15, 0.2) is 66.3 Å². The lowest BCUT2D eigenvalue weighted by molar-refractivity contribution is -0.0798. The molecule has 156 valence electrons. The number of alkyl halides is 3. The molecular weight excluding hydrogens is 395 g/mol. The van der Waals surface area contributed by atoms with Crippen LogP contribution in [0, 0.1) is 0 Å². The van der Waals surface area contributed by atoms with Crippen molar-refractivity contribution in [1.82, 2.24) is 4.98 Å². The normalized spacial score (nSPS) is 13.8. The molecule has 1 aromatic heterocycles. The third kappa shape index (κ3) is 6.98. The van der Waals surface area contributed by atoms with Crippen molar-refractivity contribution in [2.45, 2.75) is 51.8 Å². The predicted octanol–water partition coefficient (Wildman–Crippen LogP) is 7.02. The number of aromatic nitrogens is 1. The highest BCUT2D eigenvalue weighted by Gasteiger charge is 2.23. The summed E-state index contributed by atoms with van der Waals surface area (Å²) in [6.45, 7) is 10.1. The van der Waals surface area contributed by atoms with Gasteiger partial charge >= 0.3 is 6.18 Å². The van der Waals surface area contributed by atoms with Crippen molar-refractivity contribution in [3.05, 3.63) is 76.9 Å². The Labute approximate surface area is 173 Å². The van der Waals surface area contributed by atoms with Crippen molar-refractivity contribution in [3.63, 3.8) is 0 Å². The molecule has 0 spiro atoms. The topological polar surface area (TPSA) is 33.1 Å². The summed E-state index contributed by atoms with van der Waals surface area (Å²) in [4.78, 5) is 4.43. The molecule has 2 nitrogen and oxygen atoms in total. The maximum absolute atomic E-state index is 12.4. The van der Waals surface area contributed by atoms with Crippen LogP contribution in [-0.2, 0) is 12.0 Å². The number of hydrogen-bond acceptors (Lipinski definition) is 3. The highest BCUT2D eigenvalue weighted by molar-refractivity contribution is 7.18. The van der Waals surface area contributed by atoms with Crippen molar-refractivity contribution >= 4 is 21.6 Å². The minimum absolute atomic E-state index is 0.0733. The summed E-state index contributed by atoms with van der Waals surface area (Å²) in [6.07, 6.45) is 3.47. The predicted molar refractivity (Wildman–Crippen MR) is 115 cm³/mol. The summed E-state index contributed by atoms with van der Waals surface area (Å²) < 4.78 is 38.3. The van der Waals surface area contributed by atoms with E-state index in [0.29, 0.717) is 23.4 Å². The van der Waals surface area contributed by atoms with E-state index in [2.05, 4.69) is 25.4 Å². The van der Waals surface area contributed by atoms with E-state index >= 15 is 0 Å². The highest BCUT2D eigenvalue weighted by atomic mass is 32.1. The van der Waals surface area contributed by atoms with Gasteiger partial charge in [0.15, 0.2) is 0 Å². The highest BCUT2D eigenvalue weighted by Crippen LogP contribution is 2.33. The molecule has 0 unspecified atom stereocenters. The summed E-state index contributed by atoms with van der Waals surface area (Å²) in [6, 6.07) is 6.08.